The van der Waals surface area contributed by atoms with Crippen LogP contribution in [0.25, 0.3) is 11.3 Å². The zero-order chi connectivity index (χ0) is 25.5. The molecule has 1 aliphatic rings. The molecule has 1 fully saturated rings. The number of benzene rings is 1. The normalized spacial score (nSPS) is 18.1. The number of aromatic nitrogens is 2. The minimum absolute atomic E-state index is 0.165. The molecule has 0 aliphatic heterocycles. The summed E-state index contributed by atoms with van der Waals surface area (Å²) < 4.78 is 36.1. The first kappa shape index (κ1) is 26.3. The van der Waals surface area contributed by atoms with Gasteiger partial charge in [-0.05, 0) is 61.6 Å². The van der Waals surface area contributed by atoms with Crippen LogP contribution in [0.1, 0.15) is 31.2 Å². The second kappa shape index (κ2) is 12.0. The Labute approximate surface area is 216 Å². The summed E-state index contributed by atoms with van der Waals surface area (Å²) in [6.45, 7) is 0.948. The van der Waals surface area contributed by atoms with Gasteiger partial charge >= 0.3 is 0 Å². The second-order valence-electron chi connectivity index (χ2n) is 9.22. The van der Waals surface area contributed by atoms with E-state index in [0.29, 0.717) is 35.7 Å². The molecule has 1 aliphatic carbocycles. The van der Waals surface area contributed by atoms with E-state index in [1.165, 1.54) is 18.4 Å². The van der Waals surface area contributed by atoms with Gasteiger partial charge in [0.05, 0.1) is 16.5 Å². The molecule has 0 unspecified atom stereocenters. The minimum atomic E-state index is -2.94. The molecule has 3 aromatic rings. The summed E-state index contributed by atoms with van der Waals surface area (Å²) in [6, 6.07) is 14.6. The molecule has 0 saturated heterocycles. The van der Waals surface area contributed by atoms with Gasteiger partial charge in [-0.25, -0.2) is 22.8 Å². The Morgan fingerprint density at radius 2 is 1.78 bits per heavy atom. The highest BCUT2D eigenvalue weighted by atomic mass is 35.5. The Balaban J connectivity index is 1.35. The summed E-state index contributed by atoms with van der Waals surface area (Å²) in [4.78, 5) is 9.15. The number of halogens is 2. The van der Waals surface area contributed by atoms with Gasteiger partial charge in [-0.1, -0.05) is 29.8 Å². The van der Waals surface area contributed by atoms with Crippen LogP contribution in [0, 0.1) is 5.82 Å². The lowest BCUT2D eigenvalue weighted by molar-refractivity contribution is 0.359. The fraction of sp³-hybridized carbons (Fsp3) is 0.385. The number of hydrogen-bond donors (Lipinski definition) is 3. The van der Waals surface area contributed by atoms with Crippen LogP contribution < -0.4 is 16.0 Å². The maximum absolute atomic E-state index is 13.4. The van der Waals surface area contributed by atoms with E-state index in [1.54, 1.807) is 12.3 Å². The van der Waals surface area contributed by atoms with Crippen molar-refractivity contribution in [3.8, 4) is 11.3 Å². The van der Waals surface area contributed by atoms with E-state index < -0.39 is 9.84 Å². The Morgan fingerprint density at radius 3 is 2.53 bits per heavy atom. The number of sulfone groups is 1. The molecule has 0 amide bonds. The van der Waals surface area contributed by atoms with Gasteiger partial charge in [0.2, 0.25) is 0 Å². The zero-order valence-electron chi connectivity index (χ0n) is 20.2. The monoisotopic (exact) mass is 531 g/mol. The fourth-order valence-electron chi connectivity index (χ4n) is 4.34. The van der Waals surface area contributed by atoms with E-state index in [4.69, 9.17) is 11.6 Å². The molecule has 36 heavy (non-hydrogen) atoms. The highest BCUT2D eigenvalue weighted by Gasteiger charge is 2.21. The van der Waals surface area contributed by atoms with Crippen molar-refractivity contribution >= 4 is 33.1 Å². The summed E-state index contributed by atoms with van der Waals surface area (Å²) in [5, 5.41) is 10.6. The minimum Gasteiger partial charge on any atom is -0.367 e. The van der Waals surface area contributed by atoms with E-state index in [-0.39, 0.29) is 17.6 Å². The van der Waals surface area contributed by atoms with Crippen molar-refractivity contribution in [3.63, 3.8) is 0 Å². The predicted molar refractivity (Wildman–Crippen MR) is 144 cm³/mol. The number of hydrogen-bond acceptors (Lipinski definition) is 7. The van der Waals surface area contributed by atoms with Crippen molar-refractivity contribution in [2.45, 2.75) is 44.3 Å². The van der Waals surface area contributed by atoms with Crippen LogP contribution in [0.4, 0.5) is 16.0 Å². The summed E-state index contributed by atoms with van der Waals surface area (Å²) in [5.74, 6) is 1.30. The van der Waals surface area contributed by atoms with Crippen molar-refractivity contribution in [2.24, 2.45) is 0 Å². The molecule has 0 atom stereocenters. The molecular weight excluding hydrogens is 501 g/mol. The van der Waals surface area contributed by atoms with E-state index in [0.717, 1.165) is 42.6 Å². The van der Waals surface area contributed by atoms with Crippen molar-refractivity contribution in [2.75, 3.05) is 29.2 Å². The van der Waals surface area contributed by atoms with Gasteiger partial charge in [0, 0.05) is 43.2 Å². The second-order valence-corrected chi connectivity index (χ2v) is 11.9. The van der Waals surface area contributed by atoms with Crippen LogP contribution in [-0.4, -0.2) is 49.0 Å². The lowest BCUT2D eigenvalue weighted by Crippen LogP contribution is -2.38. The SMILES string of the molecule is CS(=O)(=O)CCN[C@H]1CC[C@H](Nc2cc(-c3cccc(NCc4cccc(F)c4)n3)c(Cl)cn2)CC1. The summed E-state index contributed by atoms with van der Waals surface area (Å²) in [6.07, 6.45) is 6.77. The van der Waals surface area contributed by atoms with Crippen LogP contribution in [0.5, 0.6) is 0 Å². The highest BCUT2D eigenvalue weighted by Crippen LogP contribution is 2.30. The molecule has 0 bridgehead atoms. The van der Waals surface area contributed by atoms with Gasteiger partial charge in [0.15, 0.2) is 0 Å². The Bertz CT molecular complexity index is 1280. The predicted octanol–water partition coefficient (Wildman–Crippen LogP) is 4.91. The fourth-order valence-corrected chi connectivity index (χ4v) is 5.02. The number of anilines is 2. The van der Waals surface area contributed by atoms with Gasteiger partial charge in [0.1, 0.15) is 27.3 Å². The van der Waals surface area contributed by atoms with Gasteiger partial charge in [-0.2, -0.15) is 0 Å². The molecule has 192 valence electrons. The standard InChI is InChI=1S/C26H31ClFN5O2S/c1-36(34,35)13-12-29-20-8-10-21(11-9-20)32-26-15-22(23(27)17-31-26)24-6-3-7-25(33-24)30-16-18-4-2-5-19(28)14-18/h2-7,14-15,17,20-21,29H,8-13,16H2,1H3,(H,30,33)(H,31,32)/t20-,21-. The molecule has 1 aromatic carbocycles. The van der Waals surface area contributed by atoms with Gasteiger partial charge in [0.25, 0.3) is 0 Å². The quantitative estimate of drug-likeness (QED) is 0.342. The van der Waals surface area contributed by atoms with Crippen LogP contribution >= 0.6 is 11.6 Å². The van der Waals surface area contributed by atoms with Crippen LogP contribution in [0.15, 0.2) is 54.7 Å². The third-order valence-electron chi connectivity index (χ3n) is 6.23. The molecule has 3 N–H and O–H groups in total. The number of rotatable bonds is 10. The van der Waals surface area contributed by atoms with Crippen LogP contribution in [-0.2, 0) is 16.4 Å². The van der Waals surface area contributed by atoms with Gasteiger partial charge in [-0.15, -0.1) is 0 Å². The molecular formula is C26H31ClFN5O2S. The van der Waals surface area contributed by atoms with Gasteiger partial charge < -0.3 is 16.0 Å². The third-order valence-corrected chi connectivity index (χ3v) is 7.47. The average molecular weight is 532 g/mol. The van der Waals surface area contributed by atoms with Crippen LogP contribution in [0.3, 0.4) is 0 Å². The molecule has 10 heteroatoms. The molecule has 1 saturated carbocycles. The number of nitrogens with zero attached hydrogens (tertiary/aromatic N) is 2. The molecule has 7 nitrogen and oxygen atoms in total. The Kier molecular flexibility index (Phi) is 8.77. The van der Waals surface area contributed by atoms with Crippen molar-refractivity contribution in [1.29, 1.82) is 0 Å². The molecule has 2 aromatic heterocycles. The van der Waals surface area contributed by atoms with E-state index in [2.05, 4.69) is 25.9 Å². The van der Waals surface area contributed by atoms with Crippen molar-refractivity contribution in [1.82, 2.24) is 15.3 Å². The first-order chi connectivity index (χ1) is 17.2. The maximum Gasteiger partial charge on any atom is 0.148 e. The van der Waals surface area contributed by atoms with E-state index >= 15 is 0 Å². The first-order valence-corrected chi connectivity index (χ1v) is 14.5. The largest absolute Gasteiger partial charge is 0.367 e. The number of nitrogens with one attached hydrogen (secondary N) is 3. The Morgan fingerprint density at radius 1 is 1.03 bits per heavy atom. The van der Waals surface area contributed by atoms with Crippen LogP contribution in [0.2, 0.25) is 5.02 Å². The third kappa shape index (κ3) is 7.88. The smallest absolute Gasteiger partial charge is 0.148 e. The molecule has 2 heterocycles. The topological polar surface area (TPSA) is 96.0 Å². The van der Waals surface area contributed by atoms with Gasteiger partial charge in [-0.3, -0.25) is 0 Å². The molecule has 4 rings (SSSR count). The lowest BCUT2D eigenvalue weighted by atomic mass is 9.91. The maximum atomic E-state index is 13.4. The average Bonchev–Trinajstić information content (AvgIpc) is 2.84. The Hall–Kier alpha value is -2.75. The van der Waals surface area contributed by atoms with E-state index in [1.807, 2.05) is 30.3 Å². The summed E-state index contributed by atoms with van der Waals surface area (Å²) >= 11 is 6.47. The zero-order valence-corrected chi connectivity index (χ0v) is 21.7. The summed E-state index contributed by atoms with van der Waals surface area (Å²) in [7, 11) is -2.94. The summed E-state index contributed by atoms with van der Waals surface area (Å²) in [5.41, 5.74) is 2.32. The van der Waals surface area contributed by atoms with Crippen molar-refractivity contribution < 1.29 is 12.8 Å². The highest BCUT2D eigenvalue weighted by molar-refractivity contribution is 7.90. The first-order valence-electron chi connectivity index (χ1n) is 12.0. The molecule has 0 radical (unpaired) electrons. The lowest BCUT2D eigenvalue weighted by Gasteiger charge is -2.30. The molecule has 0 spiro atoms. The van der Waals surface area contributed by atoms with E-state index in [9.17, 15) is 12.8 Å². The van der Waals surface area contributed by atoms with Crippen molar-refractivity contribution in [3.05, 3.63) is 71.1 Å². The number of pyridine rings is 2.